The zero-order chi connectivity index (χ0) is 21.0. The van der Waals surface area contributed by atoms with Crippen molar-refractivity contribution in [1.29, 1.82) is 5.26 Å². The lowest BCUT2D eigenvalue weighted by Gasteiger charge is -2.59. The van der Waals surface area contributed by atoms with Gasteiger partial charge in [0, 0.05) is 45.1 Å². The van der Waals surface area contributed by atoms with Crippen molar-refractivity contribution in [1.82, 2.24) is 14.7 Å². The van der Waals surface area contributed by atoms with E-state index in [9.17, 15) is 14.7 Å². The summed E-state index contributed by atoms with van der Waals surface area (Å²) < 4.78 is 5.87. The van der Waals surface area contributed by atoms with E-state index < -0.39 is 17.2 Å². The van der Waals surface area contributed by atoms with E-state index in [0.29, 0.717) is 25.0 Å². The number of hydrogen-bond acceptors (Lipinski definition) is 5. The molecule has 3 aliphatic heterocycles. The van der Waals surface area contributed by atoms with Crippen LogP contribution < -0.4 is 0 Å². The van der Waals surface area contributed by atoms with Crippen LogP contribution in [0.25, 0.3) is 0 Å². The molecule has 0 aromatic carbocycles. The first-order chi connectivity index (χ1) is 13.7. The summed E-state index contributed by atoms with van der Waals surface area (Å²) in [7, 11) is 0. The van der Waals surface area contributed by atoms with Gasteiger partial charge >= 0.3 is 12.2 Å². The standard InChI is InChI=1S/C21H32N4O4/c1-4-15-16(13-20(15)5-9-24(14-20)17(26)27)23-10-6-21(7-11-23)19(2,3)25(12-8-22)18(28)29-21/h15-16H,4-7,9-14H2,1-3H3,(H,26,27). The van der Waals surface area contributed by atoms with Crippen LogP contribution in [0, 0.1) is 22.7 Å². The van der Waals surface area contributed by atoms with E-state index in [4.69, 9.17) is 10.00 Å². The molecule has 1 saturated carbocycles. The molecule has 3 unspecified atom stereocenters. The first kappa shape index (κ1) is 20.3. The van der Waals surface area contributed by atoms with Gasteiger partial charge in [-0.2, -0.15) is 5.26 Å². The third kappa shape index (κ3) is 2.81. The van der Waals surface area contributed by atoms with Crippen molar-refractivity contribution < 1.29 is 19.4 Å². The van der Waals surface area contributed by atoms with Gasteiger partial charge in [0.1, 0.15) is 12.1 Å². The third-order valence-corrected chi connectivity index (χ3v) is 8.56. The van der Waals surface area contributed by atoms with Crippen molar-refractivity contribution >= 4 is 12.2 Å². The number of hydrogen-bond donors (Lipinski definition) is 1. The Labute approximate surface area is 172 Å². The zero-order valence-electron chi connectivity index (χ0n) is 17.7. The Morgan fingerprint density at radius 1 is 1.28 bits per heavy atom. The second kappa shape index (κ2) is 6.76. The van der Waals surface area contributed by atoms with Crippen molar-refractivity contribution in [3.63, 3.8) is 0 Å². The molecule has 0 aromatic rings. The number of carbonyl (C=O) groups excluding carboxylic acids is 1. The van der Waals surface area contributed by atoms with Crippen LogP contribution >= 0.6 is 0 Å². The molecule has 0 radical (unpaired) electrons. The van der Waals surface area contributed by atoms with Gasteiger partial charge < -0.3 is 14.7 Å². The molecule has 4 fully saturated rings. The number of nitrogens with zero attached hydrogens (tertiary/aromatic N) is 4. The molecule has 1 N–H and O–H groups in total. The zero-order valence-corrected chi connectivity index (χ0v) is 17.7. The minimum Gasteiger partial charge on any atom is -0.465 e. The smallest absolute Gasteiger partial charge is 0.411 e. The molecular weight excluding hydrogens is 372 g/mol. The molecule has 0 bridgehead atoms. The molecule has 29 heavy (non-hydrogen) atoms. The average molecular weight is 405 g/mol. The van der Waals surface area contributed by atoms with Crippen molar-refractivity contribution in [3.8, 4) is 6.07 Å². The maximum Gasteiger partial charge on any atom is 0.411 e. The van der Waals surface area contributed by atoms with Gasteiger partial charge in [-0.1, -0.05) is 13.3 Å². The van der Waals surface area contributed by atoms with E-state index in [1.807, 2.05) is 13.8 Å². The molecule has 160 valence electrons. The van der Waals surface area contributed by atoms with E-state index in [1.54, 1.807) is 9.80 Å². The third-order valence-electron chi connectivity index (χ3n) is 8.56. The second-order valence-corrected chi connectivity index (χ2v) is 9.80. The Hall–Kier alpha value is -2.01. The number of ether oxygens (including phenoxy) is 1. The average Bonchev–Trinajstić information content (AvgIpc) is 3.18. The highest BCUT2D eigenvalue weighted by Gasteiger charge is 2.63. The van der Waals surface area contributed by atoms with Gasteiger partial charge in [0.2, 0.25) is 0 Å². The van der Waals surface area contributed by atoms with Gasteiger partial charge in [0.25, 0.3) is 0 Å². The SMILES string of the molecule is CCC1C(N2CCC3(CC2)OC(=O)N(CC#N)C3(C)C)CC12CCN(C(=O)O)C2. The number of nitriles is 1. The van der Waals surface area contributed by atoms with Crippen LogP contribution in [-0.4, -0.2) is 81.9 Å². The van der Waals surface area contributed by atoms with Crippen LogP contribution in [0.4, 0.5) is 9.59 Å². The molecule has 2 amide bonds. The van der Waals surface area contributed by atoms with Gasteiger partial charge in [0.05, 0.1) is 11.6 Å². The summed E-state index contributed by atoms with van der Waals surface area (Å²) in [6.45, 7) is 9.36. The van der Waals surface area contributed by atoms with Gasteiger partial charge in [-0.05, 0) is 38.0 Å². The minimum absolute atomic E-state index is 0.0560. The number of carbonyl (C=O) groups is 2. The predicted molar refractivity (Wildman–Crippen MR) is 105 cm³/mol. The van der Waals surface area contributed by atoms with Crippen molar-refractivity contribution in [2.75, 3.05) is 32.7 Å². The molecule has 8 nitrogen and oxygen atoms in total. The maximum absolute atomic E-state index is 12.4. The molecule has 8 heteroatoms. The predicted octanol–water partition coefficient (Wildman–Crippen LogP) is 2.74. The van der Waals surface area contributed by atoms with Crippen LogP contribution in [0.1, 0.15) is 52.9 Å². The lowest BCUT2D eigenvalue weighted by atomic mass is 9.54. The first-order valence-electron chi connectivity index (χ1n) is 10.8. The van der Waals surface area contributed by atoms with Crippen LogP contribution in [0.5, 0.6) is 0 Å². The summed E-state index contributed by atoms with van der Waals surface area (Å²) >= 11 is 0. The summed E-state index contributed by atoms with van der Waals surface area (Å²) in [6.07, 6.45) is 3.47. The summed E-state index contributed by atoms with van der Waals surface area (Å²) in [4.78, 5) is 29.4. The van der Waals surface area contributed by atoms with Crippen molar-refractivity contribution in [2.45, 2.75) is 70.1 Å². The van der Waals surface area contributed by atoms with E-state index >= 15 is 0 Å². The number of rotatable bonds is 3. The Bertz CT molecular complexity index is 739. The molecule has 3 atom stereocenters. The topological polar surface area (TPSA) is 97.1 Å². The van der Waals surface area contributed by atoms with Crippen LogP contribution in [0.3, 0.4) is 0 Å². The first-order valence-corrected chi connectivity index (χ1v) is 10.8. The Kier molecular flexibility index (Phi) is 4.73. The van der Waals surface area contributed by atoms with Crippen molar-refractivity contribution in [3.05, 3.63) is 0 Å². The highest BCUT2D eigenvalue weighted by Crippen LogP contribution is 2.57. The molecule has 4 rings (SSSR count). The number of carboxylic acid groups (broad SMARTS) is 1. The molecule has 4 aliphatic rings. The quantitative estimate of drug-likeness (QED) is 0.727. The number of amides is 2. The van der Waals surface area contributed by atoms with Crippen LogP contribution in [-0.2, 0) is 4.74 Å². The Morgan fingerprint density at radius 3 is 2.52 bits per heavy atom. The lowest BCUT2D eigenvalue weighted by molar-refractivity contribution is -0.112. The Balaban J connectivity index is 1.42. The molecular formula is C21H32N4O4. The van der Waals surface area contributed by atoms with E-state index in [2.05, 4.69) is 17.9 Å². The normalized spacial score (nSPS) is 35.6. The fourth-order valence-corrected chi connectivity index (χ4v) is 6.66. The van der Waals surface area contributed by atoms with E-state index in [-0.39, 0.29) is 18.1 Å². The summed E-state index contributed by atoms with van der Waals surface area (Å²) in [5.74, 6) is 0.523. The van der Waals surface area contributed by atoms with Gasteiger partial charge in [-0.3, -0.25) is 9.80 Å². The second-order valence-electron chi connectivity index (χ2n) is 9.80. The molecule has 3 heterocycles. The van der Waals surface area contributed by atoms with Gasteiger partial charge in [0.15, 0.2) is 0 Å². The lowest BCUT2D eigenvalue weighted by Crippen LogP contribution is -2.65. The summed E-state index contributed by atoms with van der Waals surface area (Å²) in [5, 5.41) is 18.4. The molecule has 2 spiro atoms. The molecule has 0 aromatic heterocycles. The Morgan fingerprint density at radius 2 is 1.97 bits per heavy atom. The van der Waals surface area contributed by atoms with Gasteiger partial charge in [-0.25, -0.2) is 9.59 Å². The fourth-order valence-electron chi connectivity index (χ4n) is 6.66. The maximum atomic E-state index is 12.4. The number of likely N-dealkylation sites (tertiary alicyclic amines) is 2. The van der Waals surface area contributed by atoms with Gasteiger partial charge in [-0.15, -0.1) is 0 Å². The van der Waals surface area contributed by atoms with Crippen molar-refractivity contribution in [2.24, 2.45) is 11.3 Å². The molecule has 1 aliphatic carbocycles. The largest absolute Gasteiger partial charge is 0.465 e. The highest BCUT2D eigenvalue weighted by molar-refractivity contribution is 5.73. The van der Waals surface area contributed by atoms with Crippen LogP contribution in [0.15, 0.2) is 0 Å². The van der Waals surface area contributed by atoms with Crippen LogP contribution in [0.2, 0.25) is 0 Å². The fraction of sp³-hybridized carbons (Fsp3) is 0.857. The minimum atomic E-state index is -0.799. The van der Waals surface area contributed by atoms with E-state index in [1.165, 1.54) is 0 Å². The molecule has 3 saturated heterocycles. The van der Waals surface area contributed by atoms with E-state index in [0.717, 1.165) is 45.2 Å². The monoisotopic (exact) mass is 404 g/mol. The summed E-state index contributed by atoms with van der Waals surface area (Å²) in [5.41, 5.74) is -0.881. The summed E-state index contributed by atoms with van der Waals surface area (Å²) in [6, 6.07) is 2.57. The highest BCUT2D eigenvalue weighted by atomic mass is 16.6. The number of piperidine rings is 1.